The number of benzene rings is 1. The van der Waals surface area contributed by atoms with Crippen molar-refractivity contribution in [2.45, 2.75) is 58.4 Å². The van der Waals surface area contributed by atoms with Crippen LogP contribution >= 0.6 is 0 Å². The van der Waals surface area contributed by atoms with Crippen LogP contribution < -0.4 is 4.74 Å². The first kappa shape index (κ1) is 18.4. The Morgan fingerprint density at radius 1 is 1.27 bits per heavy atom. The highest BCUT2D eigenvalue weighted by Gasteiger charge is 2.35. The van der Waals surface area contributed by atoms with Gasteiger partial charge in [0, 0.05) is 24.9 Å². The Morgan fingerprint density at radius 3 is 2.62 bits per heavy atom. The summed E-state index contributed by atoms with van der Waals surface area (Å²) in [5, 5.41) is 4.07. The van der Waals surface area contributed by atoms with Gasteiger partial charge in [-0.15, -0.1) is 0 Å². The van der Waals surface area contributed by atoms with Gasteiger partial charge in [0.15, 0.2) is 5.82 Å². The maximum absolute atomic E-state index is 12.4. The Labute approximate surface area is 154 Å². The summed E-state index contributed by atoms with van der Waals surface area (Å²) in [5.41, 5.74) is 0.926. The minimum absolute atomic E-state index is 0.0294. The largest absolute Gasteiger partial charge is 0.494 e. The zero-order valence-corrected chi connectivity index (χ0v) is 16.0. The van der Waals surface area contributed by atoms with Gasteiger partial charge in [0.1, 0.15) is 5.75 Å². The van der Waals surface area contributed by atoms with Crippen LogP contribution in [0.3, 0.4) is 0 Å². The first-order valence-electron chi connectivity index (χ1n) is 9.20. The Bertz CT molecular complexity index is 746. The molecule has 0 aliphatic carbocycles. The van der Waals surface area contributed by atoms with Gasteiger partial charge in [0.05, 0.1) is 12.5 Å². The van der Waals surface area contributed by atoms with Gasteiger partial charge < -0.3 is 14.2 Å². The molecule has 0 bridgehead atoms. The van der Waals surface area contributed by atoms with Crippen LogP contribution in [0.5, 0.6) is 5.75 Å². The zero-order chi connectivity index (χ0) is 18.7. The summed E-state index contributed by atoms with van der Waals surface area (Å²) in [5.74, 6) is 2.20. The van der Waals surface area contributed by atoms with E-state index in [1.165, 1.54) is 0 Å². The number of hydrogen-bond acceptors (Lipinski definition) is 5. The van der Waals surface area contributed by atoms with Gasteiger partial charge >= 0.3 is 0 Å². The second kappa shape index (κ2) is 7.48. The van der Waals surface area contributed by atoms with Gasteiger partial charge in [-0.25, -0.2) is 0 Å². The normalized spacial score (nSPS) is 17.8. The van der Waals surface area contributed by atoms with Crippen LogP contribution in [0.25, 0.3) is 0 Å². The summed E-state index contributed by atoms with van der Waals surface area (Å²) in [6.07, 6.45) is 1.40. The maximum atomic E-state index is 12.4. The molecule has 6 nitrogen and oxygen atoms in total. The molecule has 1 atom stereocenters. The first-order valence-corrected chi connectivity index (χ1v) is 9.20. The van der Waals surface area contributed by atoms with E-state index in [2.05, 4.69) is 17.1 Å². The molecule has 0 spiro atoms. The minimum Gasteiger partial charge on any atom is -0.494 e. The van der Waals surface area contributed by atoms with Crippen molar-refractivity contribution in [1.82, 2.24) is 15.0 Å². The highest BCUT2D eigenvalue weighted by atomic mass is 16.5. The molecule has 1 aliphatic heterocycles. The van der Waals surface area contributed by atoms with Crippen molar-refractivity contribution < 1.29 is 14.1 Å². The molecule has 140 valence electrons. The predicted molar refractivity (Wildman–Crippen MR) is 98.0 cm³/mol. The lowest BCUT2D eigenvalue weighted by atomic mass is 9.96. The van der Waals surface area contributed by atoms with Crippen molar-refractivity contribution in [2.24, 2.45) is 0 Å². The van der Waals surface area contributed by atoms with Crippen LogP contribution in [0.4, 0.5) is 0 Å². The molecule has 1 amide bonds. The fraction of sp³-hybridized carbons (Fsp3) is 0.550. The number of ether oxygens (including phenoxy) is 1. The maximum Gasteiger partial charge on any atom is 0.232 e. The van der Waals surface area contributed by atoms with Crippen molar-refractivity contribution in [3.8, 4) is 5.75 Å². The van der Waals surface area contributed by atoms with E-state index >= 15 is 0 Å². The lowest BCUT2D eigenvalue weighted by molar-refractivity contribution is -0.128. The number of rotatable bonds is 6. The summed E-state index contributed by atoms with van der Waals surface area (Å²) in [4.78, 5) is 18.7. The Morgan fingerprint density at radius 2 is 2.00 bits per heavy atom. The molecule has 1 saturated heterocycles. The summed E-state index contributed by atoms with van der Waals surface area (Å²) >= 11 is 0. The second-order valence-electron chi connectivity index (χ2n) is 7.87. The van der Waals surface area contributed by atoms with Crippen molar-refractivity contribution in [1.29, 1.82) is 0 Å². The highest BCUT2D eigenvalue weighted by Crippen LogP contribution is 2.30. The standard InChI is InChI=1S/C20H27N3O3/c1-5-10-25-16-8-6-14(7-9-16)12-23-13-15(11-17(23)24)18-21-19(22-26-18)20(2,3)4/h6-9,15H,5,10-13H2,1-4H3. The SMILES string of the molecule is CCCOc1ccc(CN2CC(c3nc(C(C)(C)C)no3)CC2=O)cc1. The summed E-state index contributed by atoms with van der Waals surface area (Å²) < 4.78 is 11.0. The summed E-state index contributed by atoms with van der Waals surface area (Å²) in [7, 11) is 0. The Hall–Kier alpha value is -2.37. The number of hydrogen-bond donors (Lipinski definition) is 0. The third-order valence-electron chi connectivity index (χ3n) is 4.45. The van der Waals surface area contributed by atoms with Gasteiger partial charge in [0.25, 0.3) is 0 Å². The van der Waals surface area contributed by atoms with E-state index in [1.807, 2.05) is 49.9 Å². The molecule has 1 fully saturated rings. The molecule has 1 aromatic carbocycles. The smallest absolute Gasteiger partial charge is 0.232 e. The molecule has 1 aliphatic rings. The number of aromatic nitrogens is 2. The van der Waals surface area contributed by atoms with Crippen LogP contribution in [0.1, 0.15) is 63.7 Å². The molecule has 6 heteroatoms. The van der Waals surface area contributed by atoms with Crippen molar-refractivity contribution in [3.05, 3.63) is 41.5 Å². The third kappa shape index (κ3) is 4.23. The molecule has 0 radical (unpaired) electrons. The summed E-state index contributed by atoms with van der Waals surface area (Å²) in [6.45, 7) is 10.1. The molecule has 2 aromatic rings. The van der Waals surface area contributed by atoms with Crippen LogP contribution in [0.2, 0.25) is 0 Å². The number of amides is 1. The van der Waals surface area contributed by atoms with E-state index in [-0.39, 0.29) is 17.2 Å². The number of carbonyl (C=O) groups excluding carboxylic acids is 1. The fourth-order valence-corrected chi connectivity index (χ4v) is 2.93. The van der Waals surface area contributed by atoms with E-state index in [9.17, 15) is 4.79 Å². The van der Waals surface area contributed by atoms with E-state index in [0.717, 1.165) is 17.7 Å². The molecule has 26 heavy (non-hydrogen) atoms. The first-order chi connectivity index (χ1) is 12.4. The lowest BCUT2D eigenvalue weighted by Crippen LogP contribution is -2.24. The molecule has 0 saturated carbocycles. The second-order valence-corrected chi connectivity index (χ2v) is 7.87. The monoisotopic (exact) mass is 357 g/mol. The van der Waals surface area contributed by atoms with Crippen molar-refractivity contribution >= 4 is 5.91 Å². The molecule has 0 N–H and O–H groups in total. The molecule has 3 rings (SSSR count). The molecular weight excluding hydrogens is 330 g/mol. The Kier molecular flexibility index (Phi) is 5.30. The van der Waals surface area contributed by atoms with Crippen LogP contribution in [0.15, 0.2) is 28.8 Å². The van der Waals surface area contributed by atoms with E-state index in [4.69, 9.17) is 9.26 Å². The van der Waals surface area contributed by atoms with Gasteiger partial charge in [-0.2, -0.15) is 4.98 Å². The highest BCUT2D eigenvalue weighted by molar-refractivity contribution is 5.79. The third-order valence-corrected chi connectivity index (χ3v) is 4.45. The zero-order valence-electron chi connectivity index (χ0n) is 16.0. The van der Waals surface area contributed by atoms with Crippen LogP contribution in [-0.2, 0) is 16.8 Å². The van der Waals surface area contributed by atoms with Crippen LogP contribution in [-0.4, -0.2) is 34.1 Å². The number of nitrogens with zero attached hydrogens (tertiary/aromatic N) is 3. The quantitative estimate of drug-likeness (QED) is 0.789. The lowest BCUT2D eigenvalue weighted by Gasteiger charge is -2.16. The van der Waals surface area contributed by atoms with Gasteiger partial charge in [0.2, 0.25) is 11.8 Å². The topological polar surface area (TPSA) is 68.5 Å². The van der Waals surface area contributed by atoms with Gasteiger partial charge in [-0.3, -0.25) is 4.79 Å². The Balaban J connectivity index is 1.62. The molecular formula is C20H27N3O3. The average Bonchev–Trinajstić information content (AvgIpc) is 3.22. The van der Waals surface area contributed by atoms with E-state index in [1.54, 1.807) is 0 Å². The number of carbonyl (C=O) groups is 1. The fourth-order valence-electron chi connectivity index (χ4n) is 2.93. The average molecular weight is 357 g/mol. The molecule has 2 heterocycles. The molecule has 1 aromatic heterocycles. The van der Waals surface area contributed by atoms with Gasteiger partial charge in [-0.05, 0) is 24.1 Å². The van der Waals surface area contributed by atoms with E-state index in [0.29, 0.717) is 37.8 Å². The predicted octanol–water partition coefficient (Wildman–Crippen LogP) is 3.67. The van der Waals surface area contributed by atoms with Gasteiger partial charge in [-0.1, -0.05) is 45.0 Å². The molecule has 1 unspecified atom stereocenters. The van der Waals surface area contributed by atoms with Crippen molar-refractivity contribution in [3.63, 3.8) is 0 Å². The summed E-state index contributed by atoms with van der Waals surface area (Å²) in [6, 6.07) is 7.93. The van der Waals surface area contributed by atoms with Crippen molar-refractivity contribution in [2.75, 3.05) is 13.2 Å². The van der Waals surface area contributed by atoms with E-state index < -0.39 is 0 Å². The minimum atomic E-state index is -0.161. The number of likely N-dealkylation sites (tertiary alicyclic amines) is 1. The van der Waals surface area contributed by atoms with Crippen LogP contribution in [0, 0.1) is 0 Å².